The monoisotopic (exact) mass is 412 g/mol. The number of carbonyl (C=O) groups is 1. The zero-order chi connectivity index (χ0) is 20.8. The second-order valence-electron chi connectivity index (χ2n) is 7.45. The van der Waals surface area contributed by atoms with Gasteiger partial charge in [0.2, 0.25) is 0 Å². The predicted molar refractivity (Wildman–Crippen MR) is 126 cm³/mol. The minimum absolute atomic E-state index is 0.0825. The number of nitrogens with one attached hydrogen (secondary N) is 2. The topological polar surface area (TPSA) is 41.1 Å². The van der Waals surface area contributed by atoms with Crippen molar-refractivity contribution in [3.63, 3.8) is 0 Å². The third-order valence-electron chi connectivity index (χ3n) is 5.34. The first-order valence-electron chi connectivity index (χ1n) is 10.2. The first-order chi connectivity index (χ1) is 14.7. The number of Topliss-reactive ketones (excluding diaryl/α,β-unsaturated/α-hetero) is 1. The highest BCUT2D eigenvalue weighted by molar-refractivity contribution is 7.81. The number of hydrogen-bond acceptors (Lipinski definition) is 3. The molecule has 0 unspecified atom stereocenters. The van der Waals surface area contributed by atoms with E-state index in [-0.39, 0.29) is 11.7 Å². The molecule has 0 aromatic heterocycles. The van der Waals surface area contributed by atoms with Crippen molar-refractivity contribution in [3.8, 4) is 0 Å². The molecule has 4 rings (SSSR count). The van der Waals surface area contributed by atoms with E-state index in [0.717, 1.165) is 17.8 Å². The van der Waals surface area contributed by atoms with Crippen LogP contribution in [0, 0.1) is 0 Å². The number of ketones is 1. The van der Waals surface area contributed by atoms with E-state index in [1.165, 1.54) is 11.1 Å². The fraction of sp³-hybridized carbons (Fsp3) is 0.154. The molecule has 1 aliphatic carbocycles. The van der Waals surface area contributed by atoms with Crippen molar-refractivity contribution in [2.24, 2.45) is 0 Å². The SMILES string of the molecule is O=C1C[C@@H](c2ccccc2)CC(NCc2ccccc2)=C1C(=S)Nc1ccccc1. The molecular weight excluding hydrogens is 388 g/mol. The Balaban J connectivity index is 1.62. The van der Waals surface area contributed by atoms with Crippen LogP contribution in [0.25, 0.3) is 0 Å². The van der Waals surface area contributed by atoms with Crippen LogP contribution in [-0.2, 0) is 11.3 Å². The molecule has 0 heterocycles. The Hall–Kier alpha value is -3.24. The molecule has 3 nitrogen and oxygen atoms in total. The summed E-state index contributed by atoms with van der Waals surface area (Å²) in [6.45, 7) is 0.655. The van der Waals surface area contributed by atoms with Gasteiger partial charge in [-0.3, -0.25) is 4.79 Å². The van der Waals surface area contributed by atoms with Gasteiger partial charge in [0, 0.05) is 24.4 Å². The Morgan fingerprint density at radius 1 is 0.833 bits per heavy atom. The summed E-state index contributed by atoms with van der Waals surface area (Å²) in [7, 11) is 0. The molecule has 30 heavy (non-hydrogen) atoms. The van der Waals surface area contributed by atoms with E-state index in [1.54, 1.807) is 0 Å². The summed E-state index contributed by atoms with van der Waals surface area (Å²) >= 11 is 5.67. The number of benzene rings is 3. The van der Waals surface area contributed by atoms with Gasteiger partial charge in [-0.2, -0.15) is 0 Å². The summed E-state index contributed by atoms with van der Waals surface area (Å²) in [5.41, 5.74) is 4.76. The number of carbonyl (C=O) groups excluding carboxylic acids is 1. The summed E-state index contributed by atoms with van der Waals surface area (Å²) in [6, 6.07) is 30.2. The van der Waals surface area contributed by atoms with E-state index in [2.05, 4.69) is 34.9 Å². The second-order valence-corrected chi connectivity index (χ2v) is 7.86. The molecule has 150 valence electrons. The lowest BCUT2D eigenvalue weighted by Gasteiger charge is -2.28. The van der Waals surface area contributed by atoms with E-state index in [9.17, 15) is 4.79 Å². The summed E-state index contributed by atoms with van der Waals surface area (Å²) < 4.78 is 0. The average Bonchev–Trinajstić information content (AvgIpc) is 2.79. The first kappa shape index (κ1) is 20.0. The Kier molecular flexibility index (Phi) is 6.35. The number of hydrogen-bond donors (Lipinski definition) is 2. The zero-order valence-corrected chi connectivity index (χ0v) is 17.5. The van der Waals surface area contributed by atoms with E-state index in [1.807, 2.05) is 66.7 Å². The molecular formula is C26H24N2OS. The quantitative estimate of drug-likeness (QED) is 0.516. The highest BCUT2D eigenvalue weighted by Gasteiger charge is 2.30. The highest BCUT2D eigenvalue weighted by atomic mass is 32.1. The third kappa shape index (κ3) is 4.84. The molecule has 0 saturated heterocycles. The van der Waals surface area contributed by atoms with E-state index in [4.69, 9.17) is 12.2 Å². The Morgan fingerprint density at radius 3 is 2.10 bits per heavy atom. The Bertz CT molecular complexity index is 1050. The van der Waals surface area contributed by atoms with Gasteiger partial charge >= 0.3 is 0 Å². The average molecular weight is 413 g/mol. The summed E-state index contributed by atoms with van der Waals surface area (Å²) in [6.07, 6.45) is 1.22. The van der Waals surface area contributed by atoms with E-state index in [0.29, 0.717) is 23.5 Å². The standard InChI is InChI=1S/C26H24N2OS/c29-24-17-21(20-12-6-2-7-13-20)16-23(27-18-19-10-4-1-5-11-19)25(24)26(30)28-22-14-8-3-9-15-22/h1-15,21,27H,16-18H2,(H,28,30)/t21-/m0/s1. The van der Waals surface area contributed by atoms with Gasteiger partial charge in [0.15, 0.2) is 5.78 Å². The molecule has 3 aromatic carbocycles. The predicted octanol–water partition coefficient (Wildman–Crippen LogP) is 5.62. The molecule has 0 spiro atoms. The van der Waals surface area contributed by atoms with Crippen LogP contribution in [0.3, 0.4) is 0 Å². The first-order valence-corrected chi connectivity index (χ1v) is 10.6. The van der Waals surface area contributed by atoms with Crippen molar-refractivity contribution in [2.75, 3.05) is 5.32 Å². The van der Waals surface area contributed by atoms with Gasteiger partial charge in [-0.05, 0) is 35.6 Å². The van der Waals surface area contributed by atoms with Gasteiger partial charge in [0.05, 0.1) is 5.57 Å². The number of rotatable bonds is 6. The number of anilines is 1. The lowest BCUT2D eigenvalue weighted by atomic mass is 9.81. The van der Waals surface area contributed by atoms with Crippen molar-refractivity contribution in [1.82, 2.24) is 5.32 Å². The Labute approximate surface area is 182 Å². The maximum atomic E-state index is 13.2. The molecule has 0 fully saturated rings. The minimum Gasteiger partial charge on any atom is -0.384 e. The number of para-hydroxylation sites is 1. The number of allylic oxidation sites excluding steroid dienone is 1. The van der Waals surface area contributed by atoms with Gasteiger partial charge < -0.3 is 10.6 Å². The van der Waals surface area contributed by atoms with E-state index >= 15 is 0 Å². The van der Waals surface area contributed by atoms with Crippen LogP contribution < -0.4 is 10.6 Å². The molecule has 1 aliphatic rings. The van der Waals surface area contributed by atoms with Crippen molar-refractivity contribution in [3.05, 3.63) is 113 Å². The largest absolute Gasteiger partial charge is 0.384 e. The minimum atomic E-state index is 0.0825. The summed E-state index contributed by atoms with van der Waals surface area (Å²) in [4.78, 5) is 13.7. The molecule has 0 radical (unpaired) electrons. The molecule has 1 atom stereocenters. The van der Waals surface area contributed by atoms with Gasteiger partial charge in [0.1, 0.15) is 4.99 Å². The maximum Gasteiger partial charge on any atom is 0.168 e. The van der Waals surface area contributed by atoms with Gasteiger partial charge in [0.25, 0.3) is 0 Å². The van der Waals surface area contributed by atoms with Crippen LogP contribution in [-0.4, -0.2) is 10.8 Å². The molecule has 3 aromatic rings. The zero-order valence-electron chi connectivity index (χ0n) is 16.7. The fourth-order valence-corrected chi connectivity index (χ4v) is 4.17. The van der Waals surface area contributed by atoms with Crippen molar-refractivity contribution < 1.29 is 4.79 Å². The molecule has 2 N–H and O–H groups in total. The van der Waals surface area contributed by atoms with Gasteiger partial charge in [-0.25, -0.2) is 0 Å². The van der Waals surface area contributed by atoms with Crippen LogP contribution in [0.2, 0.25) is 0 Å². The van der Waals surface area contributed by atoms with Crippen LogP contribution in [0.1, 0.15) is 29.9 Å². The molecule has 0 bridgehead atoms. The lowest BCUT2D eigenvalue weighted by Crippen LogP contribution is -2.31. The van der Waals surface area contributed by atoms with E-state index < -0.39 is 0 Å². The van der Waals surface area contributed by atoms with Gasteiger partial charge in [-0.1, -0.05) is 91.1 Å². The second kappa shape index (κ2) is 9.51. The normalized spacial score (nSPS) is 16.3. The Morgan fingerprint density at radius 2 is 1.43 bits per heavy atom. The van der Waals surface area contributed by atoms with Crippen LogP contribution in [0.5, 0.6) is 0 Å². The van der Waals surface area contributed by atoms with Crippen molar-refractivity contribution in [2.45, 2.75) is 25.3 Å². The van der Waals surface area contributed by atoms with Crippen LogP contribution in [0.4, 0.5) is 5.69 Å². The van der Waals surface area contributed by atoms with Crippen LogP contribution in [0.15, 0.2) is 102 Å². The molecule has 0 aliphatic heterocycles. The molecule has 4 heteroatoms. The summed E-state index contributed by atoms with van der Waals surface area (Å²) in [5.74, 6) is 0.236. The summed E-state index contributed by atoms with van der Waals surface area (Å²) in [5, 5.41) is 6.75. The molecule has 0 saturated carbocycles. The third-order valence-corrected chi connectivity index (χ3v) is 5.65. The van der Waals surface area contributed by atoms with Crippen LogP contribution >= 0.6 is 12.2 Å². The smallest absolute Gasteiger partial charge is 0.168 e. The fourth-order valence-electron chi connectivity index (χ4n) is 3.82. The van der Waals surface area contributed by atoms with Crippen molar-refractivity contribution in [1.29, 1.82) is 0 Å². The van der Waals surface area contributed by atoms with Gasteiger partial charge in [-0.15, -0.1) is 0 Å². The maximum absolute atomic E-state index is 13.2. The number of thiocarbonyl (C=S) groups is 1. The molecule has 0 amide bonds. The van der Waals surface area contributed by atoms with Crippen molar-refractivity contribution >= 4 is 28.7 Å². The lowest BCUT2D eigenvalue weighted by molar-refractivity contribution is -0.115. The highest BCUT2D eigenvalue weighted by Crippen LogP contribution is 2.34.